The van der Waals surface area contributed by atoms with Gasteiger partial charge >= 0.3 is 0 Å². The summed E-state index contributed by atoms with van der Waals surface area (Å²) in [4.78, 5) is 11.9. The highest BCUT2D eigenvalue weighted by Crippen LogP contribution is 2.33. The predicted octanol–water partition coefficient (Wildman–Crippen LogP) is 2.39. The zero-order valence-corrected chi connectivity index (χ0v) is 12.5. The van der Waals surface area contributed by atoms with E-state index in [9.17, 15) is 4.79 Å². The number of hydrogen-bond acceptors (Lipinski definition) is 3. The second-order valence-corrected chi connectivity index (χ2v) is 6.13. The summed E-state index contributed by atoms with van der Waals surface area (Å²) in [7, 11) is 0. The third-order valence-electron chi connectivity index (χ3n) is 3.55. The number of rotatable bonds is 6. The molecule has 2 rings (SSSR count). The van der Waals surface area contributed by atoms with Crippen LogP contribution < -0.4 is 15.8 Å². The maximum atomic E-state index is 11.9. The molecular formula is C16H24N2O2. The van der Waals surface area contributed by atoms with Crippen molar-refractivity contribution in [2.45, 2.75) is 45.2 Å². The highest BCUT2D eigenvalue weighted by molar-refractivity contribution is 5.89. The van der Waals surface area contributed by atoms with Gasteiger partial charge in [0.2, 0.25) is 5.91 Å². The summed E-state index contributed by atoms with van der Waals surface area (Å²) in [6, 6.07) is 7.81. The van der Waals surface area contributed by atoms with Crippen molar-refractivity contribution < 1.29 is 9.53 Å². The largest absolute Gasteiger partial charge is 0.493 e. The lowest BCUT2D eigenvalue weighted by Crippen LogP contribution is -2.43. The number of benzene rings is 1. The fourth-order valence-corrected chi connectivity index (χ4v) is 1.90. The second kappa shape index (κ2) is 5.83. The van der Waals surface area contributed by atoms with Gasteiger partial charge in [0, 0.05) is 0 Å². The highest BCUT2D eigenvalue weighted by Gasteiger charge is 2.46. The summed E-state index contributed by atoms with van der Waals surface area (Å²) in [5, 5.41) is 2.96. The molecule has 0 aromatic heterocycles. The average molecular weight is 276 g/mol. The Morgan fingerprint density at radius 1 is 1.30 bits per heavy atom. The van der Waals surface area contributed by atoms with E-state index in [4.69, 9.17) is 10.5 Å². The van der Waals surface area contributed by atoms with Crippen LogP contribution in [0.15, 0.2) is 24.3 Å². The van der Waals surface area contributed by atoms with E-state index in [1.807, 2.05) is 31.2 Å². The molecule has 0 heterocycles. The van der Waals surface area contributed by atoms with E-state index in [0.29, 0.717) is 12.5 Å². The molecule has 1 saturated carbocycles. The number of carbonyl (C=O) groups excluding carboxylic acids is 1. The van der Waals surface area contributed by atoms with Crippen LogP contribution in [0.25, 0.3) is 0 Å². The van der Waals surface area contributed by atoms with E-state index >= 15 is 0 Å². The van der Waals surface area contributed by atoms with Gasteiger partial charge in [0.05, 0.1) is 18.2 Å². The quantitative estimate of drug-likeness (QED) is 0.838. The van der Waals surface area contributed by atoms with Crippen LogP contribution in [0.2, 0.25) is 0 Å². The molecule has 4 heteroatoms. The fourth-order valence-electron chi connectivity index (χ4n) is 1.90. The molecule has 0 aliphatic heterocycles. The first-order valence-electron chi connectivity index (χ1n) is 7.23. The first-order valence-corrected chi connectivity index (χ1v) is 7.23. The van der Waals surface area contributed by atoms with Crippen LogP contribution in [-0.2, 0) is 4.79 Å². The van der Waals surface area contributed by atoms with Crippen LogP contribution in [0.1, 0.15) is 45.2 Å². The van der Waals surface area contributed by atoms with Crippen LogP contribution in [0, 0.1) is 5.92 Å². The Kier molecular flexibility index (Phi) is 4.33. The lowest BCUT2D eigenvalue weighted by molar-refractivity contribution is -0.123. The lowest BCUT2D eigenvalue weighted by atomic mass is 10.1. The van der Waals surface area contributed by atoms with Crippen LogP contribution in [0.3, 0.4) is 0 Å². The second-order valence-electron chi connectivity index (χ2n) is 6.13. The maximum Gasteiger partial charge on any atom is 0.240 e. The van der Waals surface area contributed by atoms with E-state index in [-0.39, 0.29) is 11.9 Å². The summed E-state index contributed by atoms with van der Waals surface area (Å²) in [5.41, 5.74) is 6.31. The Labute approximate surface area is 120 Å². The Hall–Kier alpha value is -1.55. The normalized spacial score (nSPS) is 17.6. The van der Waals surface area contributed by atoms with Gasteiger partial charge in [0.25, 0.3) is 0 Å². The molecule has 1 atom stereocenters. The molecule has 1 aliphatic rings. The predicted molar refractivity (Wildman–Crippen MR) is 79.5 cm³/mol. The summed E-state index contributed by atoms with van der Waals surface area (Å²) >= 11 is 0. The first kappa shape index (κ1) is 14.9. The molecule has 110 valence electrons. The maximum absolute atomic E-state index is 11.9. The molecule has 1 aromatic carbocycles. The Morgan fingerprint density at radius 2 is 1.90 bits per heavy atom. The van der Waals surface area contributed by atoms with E-state index in [2.05, 4.69) is 19.2 Å². The van der Waals surface area contributed by atoms with Gasteiger partial charge in [-0.05, 0) is 43.4 Å². The highest BCUT2D eigenvalue weighted by atomic mass is 16.5. The topological polar surface area (TPSA) is 64.3 Å². The van der Waals surface area contributed by atoms with Gasteiger partial charge in [-0.25, -0.2) is 0 Å². The molecule has 4 nitrogen and oxygen atoms in total. The monoisotopic (exact) mass is 276 g/mol. The molecule has 0 radical (unpaired) electrons. The van der Waals surface area contributed by atoms with E-state index in [0.717, 1.165) is 24.2 Å². The van der Waals surface area contributed by atoms with Crippen LogP contribution in [-0.4, -0.2) is 18.1 Å². The van der Waals surface area contributed by atoms with Crippen molar-refractivity contribution in [2.24, 2.45) is 11.7 Å². The molecule has 0 saturated heterocycles. The number of carbonyl (C=O) groups is 1. The summed E-state index contributed by atoms with van der Waals surface area (Å²) in [6.45, 7) is 6.91. The Balaban J connectivity index is 1.90. The van der Waals surface area contributed by atoms with Gasteiger partial charge in [-0.15, -0.1) is 0 Å². The van der Waals surface area contributed by atoms with Crippen molar-refractivity contribution in [1.82, 2.24) is 5.32 Å². The van der Waals surface area contributed by atoms with Crippen LogP contribution in [0.5, 0.6) is 5.75 Å². The Bertz CT molecular complexity index is 464. The zero-order valence-electron chi connectivity index (χ0n) is 12.5. The van der Waals surface area contributed by atoms with Gasteiger partial charge < -0.3 is 15.8 Å². The minimum Gasteiger partial charge on any atom is -0.493 e. The van der Waals surface area contributed by atoms with Gasteiger partial charge in [0.15, 0.2) is 0 Å². The molecule has 1 aliphatic carbocycles. The fraction of sp³-hybridized carbons (Fsp3) is 0.562. The van der Waals surface area contributed by atoms with Crippen molar-refractivity contribution >= 4 is 5.91 Å². The van der Waals surface area contributed by atoms with Crippen molar-refractivity contribution in [2.75, 3.05) is 6.61 Å². The van der Waals surface area contributed by atoms with Crippen molar-refractivity contribution in [3.8, 4) is 5.75 Å². The molecular weight excluding hydrogens is 252 g/mol. The molecule has 1 fully saturated rings. The third-order valence-corrected chi connectivity index (χ3v) is 3.55. The number of nitrogens with two attached hydrogens (primary N) is 1. The molecule has 0 spiro atoms. The van der Waals surface area contributed by atoms with Crippen molar-refractivity contribution in [3.05, 3.63) is 29.8 Å². The van der Waals surface area contributed by atoms with E-state index in [1.54, 1.807) is 0 Å². The number of amides is 1. The number of nitrogens with one attached hydrogen (secondary N) is 1. The Morgan fingerprint density at radius 3 is 2.40 bits per heavy atom. The van der Waals surface area contributed by atoms with Gasteiger partial charge in [-0.1, -0.05) is 26.0 Å². The third kappa shape index (κ3) is 3.73. The van der Waals surface area contributed by atoms with Gasteiger partial charge in [-0.2, -0.15) is 0 Å². The van der Waals surface area contributed by atoms with Gasteiger partial charge in [0.1, 0.15) is 5.75 Å². The zero-order chi connectivity index (χ0) is 14.8. The summed E-state index contributed by atoms with van der Waals surface area (Å²) in [6.07, 6.45) is 1.57. The summed E-state index contributed by atoms with van der Waals surface area (Å²) in [5.74, 6) is 1.32. The number of ether oxygens (including phenoxy) is 1. The minimum atomic E-state index is -0.616. The molecule has 1 amide bonds. The summed E-state index contributed by atoms with van der Waals surface area (Å²) < 4.78 is 5.64. The average Bonchev–Trinajstić information content (AvgIpc) is 3.16. The molecule has 20 heavy (non-hydrogen) atoms. The molecule has 3 N–H and O–H groups in total. The minimum absolute atomic E-state index is 0.0392. The van der Waals surface area contributed by atoms with Gasteiger partial charge in [-0.3, -0.25) is 4.79 Å². The van der Waals surface area contributed by atoms with E-state index in [1.165, 1.54) is 0 Å². The van der Waals surface area contributed by atoms with Crippen molar-refractivity contribution in [3.63, 3.8) is 0 Å². The first-order chi connectivity index (χ1) is 9.40. The SMILES string of the molecule is CC(C)COc1ccc(C(C)NC(=O)C2(N)CC2)cc1. The lowest BCUT2D eigenvalue weighted by Gasteiger charge is -2.17. The molecule has 0 bridgehead atoms. The standard InChI is InChI=1S/C16H24N2O2/c1-11(2)10-20-14-6-4-13(5-7-14)12(3)18-15(19)16(17)8-9-16/h4-7,11-12H,8-10,17H2,1-3H3,(H,18,19). The van der Waals surface area contributed by atoms with Crippen molar-refractivity contribution in [1.29, 1.82) is 0 Å². The number of hydrogen-bond donors (Lipinski definition) is 2. The molecule has 1 aromatic rings. The smallest absolute Gasteiger partial charge is 0.240 e. The van der Waals surface area contributed by atoms with Crippen LogP contribution >= 0.6 is 0 Å². The van der Waals surface area contributed by atoms with Crippen LogP contribution in [0.4, 0.5) is 0 Å². The van der Waals surface area contributed by atoms with E-state index < -0.39 is 5.54 Å². The molecule has 1 unspecified atom stereocenters.